The third-order valence-corrected chi connectivity index (χ3v) is 4.21. The first-order valence-electron chi connectivity index (χ1n) is 7.16. The van der Waals surface area contributed by atoms with Gasteiger partial charge < -0.3 is 15.0 Å². The Morgan fingerprint density at radius 2 is 2.15 bits per heavy atom. The molecule has 1 aromatic carbocycles. The highest BCUT2D eigenvalue weighted by Gasteiger charge is 2.34. The Morgan fingerprint density at radius 3 is 2.85 bits per heavy atom. The van der Waals surface area contributed by atoms with Gasteiger partial charge in [-0.25, -0.2) is 0 Å². The molecule has 4 heteroatoms. The second-order valence-electron chi connectivity index (χ2n) is 6.57. The fourth-order valence-electron chi connectivity index (χ4n) is 3.23. The molecule has 1 N–H and O–H groups in total. The van der Waals surface area contributed by atoms with Crippen molar-refractivity contribution in [2.24, 2.45) is 0 Å². The molecule has 20 heavy (non-hydrogen) atoms. The Labute approximate surface area is 120 Å². The molecule has 3 rings (SSSR count). The van der Waals surface area contributed by atoms with E-state index in [2.05, 4.69) is 38.2 Å². The maximum atomic E-state index is 11.8. The van der Waals surface area contributed by atoms with E-state index in [1.54, 1.807) is 4.90 Å². The van der Waals surface area contributed by atoms with E-state index in [4.69, 9.17) is 4.74 Å². The van der Waals surface area contributed by atoms with Gasteiger partial charge in [-0.2, -0.15) is 0 Å². The van der Waals surface area contributed by atoms with Crippen LogP contribution in [0, 0.1) is 0 Å². The predicted molar refractivity (Wildman–Crippen MR) is 78.9 cm³/mol. The number of rotatable bonds is 1. The number of ether oxygens (including phenoxy) is 1. The van der Waals surface area contributed by atoms with Crippen molar-refractivity contribution in [1.82, 2.24) is 5.32 Å². The zero-order valence-corrected chi connectivity index (χ0v) is 12.6. The molecule has 0 spiro atoms. The second kappa shape index (κ2) is 4.57. The monoisotopic (exact) mass is 274 g/mol. The van der Waals surface area contributed by atoms with E-state index < -0.39 is 0 Å². The van der Waals surface area contributed by atoms with Crippen LogP contribution in [0.3, 0.4) is 0 Å². The largest absolute Gasteiger partial charge is 0.370 e. The number of hydrogen-bond donors (Lipinski definition) is 1. The number of amides is 1. The summed E-state index contributed by atoms with van der Waals surface area (Å²) in [6, 6.07) is 6.49. The SMILES string of the molecule is CC1NC(C)(C)COC1c1ccc2c(c1)CC(=O)N2C. The summed E-state index contributed by atoms with van der Waals surface area (Å²) in [5, 5.41) is 3.59. The first-order valence-corrected chi connectivity index (χ1v) is 7.16. The minimum atomic E-state index is 0.0167. The number of morpholine rings is 1. The van der Waals surface area contributed by atoms with Crippen molar-refractivity contribution >= 4 is 11.6 Å². The Bertz CT molecular complexity index is 553. The summed E-state index contributed by atoms with van der Waals surface area (Å²) in [6.07, 6.45) is 0.550. The van der Waals surface area contributed by atoms with Gasteiger partial charge in [0.05, 0.1) is 19.1 Å². The second-order valence-corrected chi connectivity index (χ2v) is 6.57. The Morgan fingerprint density at radius 1 is 1.40 bits per heavy atom. The third kappa shape index (κ3) is 2.23. The van der Waals surface area contributed by atoms with Crippen LogP contribution >= 0.6 is 0 Å². The van der Waals surface area contributed by atoms with E-state index >= 15 is 0 Å². The number of carbonyl (C=O) groups excluding carboxylic acids is 1. The molecule has 1 aromatic rings. The van der Waals surface area contributed by atoms with Gasteiger partial charge in [0.2, 0.25) is 5.91 Å². The van der Waals surface area contributed by atoms with Crippen LogP contribution in [0.4, 0.5) is 5.69 Å². The molecule has 2 aliphatic heterocycles. The van der Waals surface area contributed by atoms with Crippen molar-refractivity contribution in [1.29, 1.82) is 0 Å². The van der Waals surface area contributed by atoms with Crippen molar-refractivity contribution in [3.05, 3.63) is 29.3 Å². The molecule has 4 nitrogen and oxygen atoms in total. The van der Waals surface area contributed by atoms with Gasteiger partial charge >= 0.3 is 0 Å². The summed E-state index contributed by atoms with van der Waals surface area (Å²) < 4.78 is 6.04. The molecule has 0 aromatic heterocycles. The topological polar surface area (TPSA) is 41.6 Å². The molecule has 1 saturated heterocycles. The molecule has 0 saturated carbocycles. The van der Waals surface area contributed by atoms with E-state index in [0.29, 0.717) is 13.0 Å². The van der Waals surface area contributed by atoms with Crippen molar-refractivity contribution < 1.29 is 9.53 Å². The highest BCUT2D eigenvalue weighted by atomic mass is 16.5. The molecular formula is C16H22N2O2. The van der Waals surface area contributed by atoms with Crippen LogP contribution in [0.1, 0.15) is 38.0 Å². The van der Waals surface area contributed by atoms with Gasteiger partial charge in [0, 0.05) is 24.3 Å². The van der Waals surface area contributed by atoms with Gasteiger partial charge in [0.25, 0.3) is 0 Å². The number of nitrogens with zero attached hydrogens (tertiary/aromatic N) is 1. The van der Waals surface area contributed by atoms with Crippen LogP contribution < -0.4 is 10.2 Å². The number of carbonyl (C=O) groups is 1. The smallest absolute Gasteiger partial charge is 0.231 e. The summed E-state index contributed by atoms with van der Waals surface area (Å²) in [5.74, 6) is 0.161. The highest BCUT2D eigenvalue weighted by Crippen LogP contribution is 2.34. The van der Waals surface area contributed by atoms with Gasteiger partial charge in [-0.15, -0.1) is 0 Å². The van der Waals surface area contributed by atoms with E-state index in [0.717, 1.165) is 16.8 Å². The Hall–Kier alpha value is -1.39. The average Bonchev–Trinajstić information content (AvgIpc) is 2.63. The maximum absolute atomic E-state index is 11.8. The van der Waals surface area contributed by atoms with Crippen molar-refractivity contribution in [3.8, 4) is 0 Å². The summed E-state index contributed by atoms with van der Waals surface area (Å²) in [7, 11) is 1.83. The summed E-state index contributed by atoms with van der Waals surface area (Å²) in [6.45, 7) is 7.14. The lowest BCUT2D eigenvalue weighted by Gasteiger charge is -2.41. The summed E-state index contributed by atoms with van der Waals surface area (Å²) in [4.78, 5) is 13.5. The van der Waals surface area contributed by atoms with Gasteiger partial charge in [-0.05, 0) is 38.0 Å². The fraction of sp³-hybridized carbons (Fsp3) is 0.562. The Balaban J connectivity index is 1.86. The van der Waals surface area contributed by atoms with Crippen LogP contribution in [-0.4, -0.2) is 31.1 Å². The van der Waals surface area contributed by atoms with Crippen LogP contribution in [-0.2, 0) is 16.0 Å². The average molecular weight is 274 g/mol. The zero-order valence-electron chi connectivity index (χ0n) is 12.6. The van der Waals surface area contributed by atoms with Gasteiger partial charge in [-0.3, -0.25) is 4.79 Å². The van der Waals surface area contributed by atoms with Gasteiger partial charge in [0.1, 0.15) is 0 Å². The lowest BCUT2D eigenvalue weighted by Crippen LogP contribution is -2.55. The quantitative estimate of drug-likeness (QED) is 0.852. The third-order valence-electron chi connectivity index (χ3n) is 4.21. The molecule has 0 radical (unpaired) electrons. The molecule has 0 aliphatic carbocycles. The van der Waals surface area contributed by atoms with Gasteiger partial charge in [0.15, 0.2) is 0 Å². The first kappa shape index (κ1) is 13.6. The summed E-state index contributed by atoms with van der Waals surface area (Å²) >= 11 is 0. The number of anilines is 1. The molecular weight excluding hydrogens is 252 g/mol. The molecule has 0 bridgehead atoms. The zero-order chi connectivity index (χ0) is 14.5. The van der Waals surface area contributed by atoms with Gasteiger partial charge in [-0.1, -0.05) is 12.1 Å². The van der Waals surface area contributed by atoms with E-state index in [-0.39, 0.29) is 23.6 Å². The maximum Gasteiger partial charge on any atom is 0.231 e. The lowest BCUT2D eigenvalue weighted by atomic mass is 9.94. The van der Waals surface area contributed by atoms with E-state index in [1.165, 1.54) is 0 Å². The molecule has 2 aliphatic rings. The molecule has 2 unspecified atom stereocenters. The number of benzene rings is 1. The number of nitrogens with one attached hydrogen (secondary N) is 1. The summed E-state index contributed by atoms with van der Waals surface area (Å²) in [5.41, 5.74) is 3.30. The van der Waals surface area contributed by atoms with Crippen LogP contribution in [0.5, 0.6) is 0 Å². The standard InChI is InChI=1S/C16H22N2O2/c1-10-15(20-9-16(2,3)17-10)11-5-6-13-12(7-11)8-14(19)18(13)4/h5-7,10,15,17H,8-9H2,1-4H3. The molecule has 2 heterocycles. The molecule has 1 fully saturated rings. The normalized spacial score (nSPS) is 28.6. The minimum absolute atomic E-state index is 0.0167. The first-order chi connectivity index (χ1) is 9.37. The highest BCUT2D eigenvalue weighted by molar-refractivity contribution is 6.00. The molecule has 108 valence electrons. The van der Waals surface area contributed by atoms with Crippen molar-refractivity contribution in [2.45, 2.75) is 44.9 Å². The van der Waals surface area contributed by atoms with Crippen LogP contribution in [0.15, 0.2) is 18.2 Å². The lowest BCUT2D eigenvalue weighted by molar-refractivity contribution is -0.117. The fourth-order valence-corrected chi connectivity index (χ4v) is 3.23. The minimum Gasteiger partial charge on any atom is -0.370 e. The van der Waals surface area contributed by atoms with Crippen molar-refractivity contribution in [3.63, 3.8) is 0 Å². The Kier molecular flexibility index (Phi) is 3.10. The number of fused-ring (bicyclic) bond motifs is 1. The van der Waals surface area contributed by atoms with Crippen molar-refractivity contribution in [2.75, 3.05) is 18.6 Å². The number of hydrogen-bond acceptors (Lipinski definition) is 3. The van der Waals surface area contributed by atoms with E-state index in [9.17, 15) is 4.79 Å². The molecule has 2 atom stereocenters. The predicted octanol–water partition coefficient (Wildman–Crippen LogP) is 2.03. The number of likely N-dealkylation sites (N-methyl/N-ethyl adjacent to an activating group) is 1. The van der Waals surface area contributed by atoms with Crippen LogP contribution in [0.2, 0.25) is 0 Å². The molecule has 1 amide bonds. The van der Waals surface area contributed by atoms with Crippen LogP contribution in [0.25, 0.3) is 0 Å². The van der Waals surface area contributed by atoms with E-state index in [1.807, 2.05) is 13.1 Å².